The van der Waals surface area contributed by atoms with Gasteiger partial charge in [-0.05, 0) is 37.5 Å². The molecular weight excluding hydrogens is 284 g/mol. The molecule has 120 valence electrons. The highest BCUT2D eigenvalue weighted by Gasteiger charge is 2.11. The molecule has 5 nitrogen and oxygen atoms in total. The van der Waals surface area contributed by atoms with Gasteiger partial charge in [0.25, 0.3) is 0 Å². The fraction of sp³-hybridized carbons (Fsp3) is 0.471. The predicted molar refractivity (Wildman–Crippen MR) is 84.6 cm³/mol. The van der Waals surface area contributed by atoms with Crippen molar-refractivity contribution in [2.24, 2.45) is 0 Å². The van der Waals surface area contributed by atoms with Gasteiger partial charge in [0.05, 0.1) is 6.61 Å². The number of aliphatic hydroxyl groups excluding tert-OH is 1. The average Bonchev–Trinajstić information content (AvgIpc) is 2.49. The average molecular weight is 306 g/mol. The van der Waals surface area contributed by atoms with Gasteiger partial charge in [-0.3, -0.25) is 0 Å². The monoisotopic (exact) mass is 306 g/mol. The van der Waals surface area contributed by atoms with Crippen molar-refractivity contribution < 1.29 is 19.0 Å². The second kappa shape index (κ2) is 7.42. The van der Waals surface area contributed by atoms with E-state index >= 15 is 0 Å². The van der Waals surface area contributed by atoms with Crippen LogP contribution in [0.2, 0.25) is 0 Å². The fourth-order valence-corrected chi connectivity index (χ4v) is 2.29. The molecular formula is C17H22O5. The van der Waals surface area contributed by atoms with Crippen molar-refractivity contribution in [2.75, 3.05) is 19.8 Å². The zero-order valence-electron chi connectivity index (χ0n) is 13.2. The molecule has 0 fully saturated rings. The van der Waals surface area contributed by atoms with Gasteiger partial charge >= 0.3 is 5.63 Å². The molecule has 22 heavy (non-hydrogen) atoms. The molecule has 0 unspecified atom stereocenters. The summed E-state index contributed by atoms with van der Waals surface area (Å²) in [5, 5.41) is 10.7. The largest absolute Gasteiger partial charge is 0.490 e. The Labute approximate surface area is 129 Å². The van der Waals surface area contributed by atoms with Crippen LogP contribution in [-0.2, 0) is 11.2 Å². The van der Waals surface area contributed by atoms with Crippen LogP contribution in [0.1, 0.15) is 25.0 Å². The van der Waals surface area contributed by atoms with Crippen molar-refractivity contribution in [1.82, 2.24) is 0 Å². The van der Waals surface area contributed by atoms with Crippen molar-refractivity contribution in [3.8, 4) is 5.75 Å². The maximum atomic E-state index is 11.5. The first-order valence-electron chi connectivity index (χ1n) is 7.51. The van der Waals surface area contributed by atoms with E-state index in [0.717, 1.165) is 22.9 Å². The Kier molecular flexibility index (Phi) is 5.57. The number of hydrogen-bond acceptors (Lipinski definition) is 5. The lowest BCUT2D eigenvalue weighted by Gasteiger charge is -2.15. The third-order valence-corrected chi connectivity index (χ3v) is 3.46. The molecule has 1 aromatic heterocycles. The molecule has 1 atom stereocenters. The Balaban J connectivity index is 2.26. The van der Waals surface area contributed by atoms with E-state index in [0.29, 0.717) is 17.9 Å². The molecule has 0 radical (unpaired) electrons. The number of ether oxygens (including phenoxy) is 2. The molecule has 1 N–H and O–H groups in total. The molecule has 2 aromatic rings. The van der Waals surface area contributed by atoms with Gasteiger partial charge in [0.15, 0.2) is 0 Å². The number of hydrogen-bond donors (Lipinski definition) is 1. The summed E-state index contributed by atoms with van der Waals surface area (Å²) >= 11 is 0. The minimum atomic E-state index is -0.690. The summed E-state index contributed by atoms with van der Waals surface area (Å²) in [6.45, 7) is 6.70. The van der Waals surface area contributed by atoms with Crippen LogP contribution in [0.3, 0.4) is 0 Å². The molecule has 0 aliphatic carbocycles. The highest BCUT2D eigenvalue weighted by atomic mass is 16.5. The second-order valence-corrected chi connectivity index (χ2v) is 5.18. The number of aliphatic hydroxyl groups is 1. The molecule has 0 aliphatic rings. The zero-order chi connectivity index (χ0) is 16.1. The van der Waals surface area contributed by atoms with Gasteiger partial charge in [0.1, 0.15) is 24.0 Å². The first-order valence-corrected chi connectivity index (χ1v) is 7.51. The standard InChI is InChI=1S/C17H22O5/c1-4-12-7-14-11(3)6-17(19)22-16(14)8-15(12)21-10-13(18)9-20-5-2/h6-8,13,18H,4-5,9-10H2,1-3H3/t13-/m0/s1. The zero-order valence-corrected chi connectivity index (χ0v) is 13.2. The van der Waals surface area contributed by atoms with Crippen LogP contribution in [0.25, 0.3) is 11.0 Å². The smallest absolute Gasteiger partial charge is 0.336 e. The number of aryl methyl sites for hydroxylation is 2. The lowest BCUT2D eigenvalue weighted by Crippen LogP contribution is -2.23. The maximum absolute atomic E-state index is 11.5. The Morgan fingerprint density at radius 2 is 2.00 bits per heavy atom. The summed E-state index contributed by atoms with van der Waals surface area (Å²) in [5.74, 6) is 0.624. The van der Waals surface area contributed by atoms with Crippen LogP contribution in [-0.4, -0.2) is 31.0 Å². The van der Waals surface area contributed by atoms with E-state index in [1.165, 1.54) is 6.07 Å². The molecule has 2 rings (SSSR count). The maximum Gasteiger partial charge on any atom is 0.336 e. The van der Waals surface area contributed by atoms with Crippen LogP contribution in [0.15, 0.2) is 27.4 Å². The molecule has 0 saturated heterocycles. The summed E-state index contributed by atoms with van der Waals surface area (Å²) in [5.41, 5.74) is 2.00. The summed E-state index contributed by atoms with van der Waals surface area (Å²) < 4.78 is 16.1. The summed E-state index contributed by atoms with van der Waals surface area (Å²) in [6.07, 6.45) is 0.0932. The van der Waals surface area contributed by atoms with Crippen LogP contribution in [0, 0.1) is 6.92 Å². The van der Waals surface area contributed by atoms with Crippen molar-refractivity contribution in [3.05, 3.63) is 39.7 Å². The first kappa shape index (κ1) is 16.5. The minimum Gasteiger partial charge on any atom is -0.490 e. The minimum absolute atomic E-state index is 0.133. The van der Waals surface area contributed by atoms with E-state index in [1.54, 1.807) is 6.07 Å². The lowest BCUT2D eigenvalue weighted by molar-refractivity contribution is 0.0163. The van der Waals surface area contributed by atoms with E-state index < -0.39 is 6.10 Å². The Bertz CT molecular complexity index is 689. The molecule has 5 heteroatoms. The Morgan fingerprint density at radius 3 is 2.68 bits per heavy atom. The van der Waals surface area contributed by atoms with Gasteiger partial charge in [-0.15, -0.1) is 0 Å². The topological polar surface area (TPSA) is 68.9 Å². The molecule has 0 amide bonds. The van der Waals surface area contributed by atoms with Gasteiger partial charge in [0, 0.05) is 24.1 Å². The molecule has 1 heterocycles. The number of benzene rings is 1. The normalized spacial score (nSPS) is 12.5. The highest BCUT2D eigenvalue weighted by molar-refractivity contribution is 5.82. The quantitative estimate of drug-likeness (QED) is 0.796. The van der Waals surface area contributed by atoms with E-state index in [-0.39, 0.29) is 18.8 Å². The summed E-state index contributed by atoms with van der Waals surface area (Å²) in [4.78, 5) is 11.5. The van der Waals surface area contributed by atoms with Crippen LogP contribution >= 0.6 is 0 Å². The van der Waals surface area contributed by atoms with Crippen LogP contribution in [0.4, 0.5) is 0 Å². The molecule has 0 saturated carbocycles. The Hall–Kier alpha value is -1.85. The summed E-state index contributed by atoms with van der Waals surface area (Å²) in [6, 6.07) is 5.17. The van der Waals surface area contributed by atoms with Gasteiger partial charge in [-0.1, -0.05) is 6.92 Å². The molecule has 0 aliphatic heterocycles. The van der Waals surface area contributed by atoms with Crippen molar-refractivity contribution in [3.63, 3.8) is 0 Å². The lowest BCUT2D eigenvalue weighted by atomic mass is 10.1. The van der Waals surface area contributed by atoms with Gasteiger partial charge < -0.3 is 19.0 Å². The fourth-order valence-electron chi connectivity index (χ4n) is 2.29. The van der Waals surface area contributed by atoms with Crippen molar-refractivity contribution in [1.29, 1.82) is 0 Å². The Morgan fingerprint density at radius 1 is 1.23 bits per heavy atom. The SMILES string of the molecule is CCOC[C@H](O)COc1cc2oc(=O)cc(C)c2cc1CC. The number of fused-ring (bicyclic) bond motifs is 1. The summed E-state index contributed by atoms with van der Waals surface area (Å²) in [7, 11) is 0. The van der Waals surface area contributed by atoms with E-state index in [9.17, 15) is 9.90 Å². The molecule has 0 bridgehead atoms. The van der Waals surface area contributed by atoms with E-state index in [1.807, 2.05) is 26.8 Å². The number of rotatable bonds is 7. The van der Waals surface area contributed by atoms with E-state index in [4.69, 9.17) is 13.9 Å². The first-order chi connectivity index (χ1) is 10.5. The van der Waals surface area contributed by atoms with E-state index in [2.05, 4.69) is 0 Å². The third-order valence-electron chi connectivity index (χ3n) is 3.46. The van der Waals surface area contributed by atoms with Crippen molar-refractivity contribution >= 4 is 11.0 Å². The molecule has 1 aromatic carbocycles. The van der Waals surface area contributed by atoms with Crippen molar-refractivity contribution in [2.45, 2.75) is 33.3 Å². The van der Waals surface area contributed by atoms with Gasteiger partial charge in [-0.2, -0.15) is 0 Å². The highest BCUT2D eigenvalue weighted by Crippen LogP contribution is 2.27. The van der Waals surface area contributed by atoms with Gasteiger partial charge in [0.2, 0.25) is 0 Å². The van der Waals surface area contributed by atoms with Crippen LogP contribution in [0.5, 0.6) is 5.75 Å². The molecule has 0 spiro atoms. The predicted octanol–water partition coefficient (Wildman–Crippen LogP) is 2.44. The van der Waals surface area contributed by atoms with Crippen LogP contribution < -0.4 is 10.4 Å². The third kappa shape index (κ3) is 3.87. The van der Waals surface area contributed by atoms with Gasteiger partial charge in [-0.25, -0.2) is 4.79 Å². The second-order valence-electron chi connectivity index (χ2n) is 5.18.